The molecule has 1 aliphatic carbocycles. The van der Waals surface area contributed by atoms with Gasteiger partial charge < -0.3 is 34.8 Å². The molecule has 7 nitrogen and oxygen atoms in total. The minimum absolute atomic E-state index is 0.270. The molecule has 40 heavy (non-hydrogen) atoms. The third-order valence-corrected chi connectivity index (χ3v) is 8.79. The summed E-state index contributed by atoms with van der Waals surface area (Å²) in [6.45, 7) is 5.77. The van der Waals surface area contributed by atoms with E-state index in [0.717, 1.165) is 25.1 Å². The maximum Gasteiger partial charge on any atom is 0.224 e. The molecular weight excluding hydrogens is 506 g/mol. The van der Waals surface area contributed by atoms with Crippen molar-refractivity contribution in [3.05, 3.63) is 94.2 Å². The molecule has 0 spiro atoms. The minimum Gasteiger partial charge on any atom is -0.394 e. The van der Waals surface area contributed by atoms with Gasteiger partial charge in [-0.3, -0.25) is 0 Å². The Labute approximate surface area is 237 Å². The van der Waals surface area contributed by atoms with E-state index in [2.05, 4.69) is 61.2 Å². The fraction of sp³-hybridized carbons (Fsp3) is 0.515. The largest absolute Gasteiger partial charge is 0.394 e. The van der Waals surface area contributed by atoms with Crippen LogP contribution in [0.25, 0.3) is 0 Å². The lowest BCUT2D eigenvalue weighted by Gasteiger charge is -2.47. The van der Waals surface area contributed by atoms with E-state index in [9.17, 15) is 20.4 Å². The van der Waals surface area contributed by atoms with Crippen LogP contribution >= 0.6 is 0 Å². The molecule has 2 fully saturated rings. The number of piperidine rings is 1. The quantitative estimate of drug-likeness (QED) is 0.398. The number of benzene rings is 2. The first-order valence-electron chi connectivity index (χ1n) is 14.5. The fourth-order valence-electron chi connectivity index (χ4n) is 6.58. The predicted molar refractivity (Wildman–Crippen MR) is 153 cm³/mol. The van der Waals surface area contributed by atoms with Crippen LogP contribution in [0.1, 0.15) is 61.3 Å². The Hall–Kier alpha value is -2.52. The number of rotatable bonds is 8. The standard InChI is InChI=1S/C33H43NO6/c1-21(2)27-14-13-26(33(39-3)32(38)31(37)30(36)29(20-35)40-33)18-25(27)16-23-11-12-24-10-7-15-34(28(24)17-23)19-22-8-5-4-6-9-22/h4-6,8-9,11,13-14,17-18,21,24,29-32,35-38H,7,10,12,15-16,19-20H2,1-3H3/t24?,29-,30-,31+,32-,33+/m1/s1. The Morgan fingerprint density at radius 1 is 1.07 bits per heavy atom. The van der Waals surface area contributed by atoms with Crippen molar-refractivity contribution in [2.45, 2.75) is 82.2 Å². The van der Waals surface area contributed by atoms with Gasteiger partial charge in [-0.25, -0.2) is 0 Å². The summed E-state index contributed by atoms with van der Waals surface area (Å²) < 4.78 is 11.7. The van der Waals surface area contributed by atoms with Crippen LogP contribution in [0, 0.1) is 5.92 Å². The third-order valence-electron chi connectivity index (χ3n) is 8.79. The number of fused-ring (bicyclic) bond motifs is 1. The van der Waals surface area contributed by atoms with E-state index in [1.54, 1.807) is 0 Å². The first kappa shape index (κ1) is 29.0. The molecule has 0 saturated carbocycles. The second kappa shape index (κ2) is 12.1. The van der Waals surface area contributed by atoms with Crippen molar-refractivity contribution < 1.29 is 29.9 Å². The molecule has 216 valence electrons. The SMILES string of the molecule is CO[C@@]1(c2ccc(C(C)C)c(CC3=CCC4CCCN(Cc5ccccc5)C4=C3)c2)O[C@H](CO)[C@@H](O)[C@H](O)[C@H]1O. The molecule has 7 heteroatoms. The highest BCUT2D eigenvalue weighted by molar-refractivity contribution is 5.43. The van der Waals surface area contributed by atoms with Gasteiger partial charge in [-0.2, -0.15) is 0 Å². The van der Waals surface area contributed by atoms with Gasteiger partial charge >= 0.3 is 0 Å². The summed E-state index contributed by atoms with van der Waals surface area (Å²) >= 11 is 0. The topological polar surface area (TPSA) is 103 Å². The van der Waals surface area contributed by atoms with Crippen molar-refractivity contribution in [1.82, 2.24) is 4.90 Å². The van der Waals surface area contributed by atoms with Gasteiger partial charge in [0.1, 0.15) is 24.4 Å². The van der Waals surface area contributed by atoms with Crippen molar-refractivity contribution in [2.75, 3.05) is 20.3 Å². The minimum atomic E-state index is -1.73. The molecule has 5 rings (SSSR count). The van der Waals surface area contributed by atoms with E-state index in [1.165, 1.54) is 42.3 Å². The van der Waals surface area contributed by atoms with Gasteiger partial charge in [0.15, 0.2) is 0 Å². The van der Waals surface area contributed by atoms with E-state index in [-0.39, 0.29) is 5.92 Å². The highest BCUT2D eigenvalue weighted by Gasteiger charge is 2.55. The number of ether oxygens (including phenoxy) is 2. The van der Waals surface area contributed by atoms with Crippen LogP contribution in [0.4, 0.5) is 0 Å². The van der Waals surface area contributed by atoms with E-state index in [4.69, 9.17) is 9.47 Å². The van der Waals surface area contributed by atoms with Gasteiger partial charge in [0.05, 0.1) is 6.61 Å². The molecule has 1 unspecified atom stereocenters. The molecule has 6 atom stereocenters. The predicted octanol–water partition coefficient (Wildman–Crippen LogP) is 3.75. The van der Waals surface area contributed by atoms with Crippen LogP contribution in [0.5, 0.6) is 0 Å². The maximum absolute atomic E-state index is 11.0. The van der Waals surface area contributed by atoms with Crippen molar-refractivity contribution >= 4 is 0 Å². The lowest BCUT2D eigenvalue weighted by molar-refractivity contribution is -0.366. The van der Waals surface area contributed by atoms with Gasteiger partial charge in [-0.05, 0) is 66.0 Å². The van der Waals surface area contributed by atoms with E-state index < -0.39 is 36.8 Å². The van der Waals surface area contributed by atoms with Crippen LogP contribution in [0.15, 0.2) is 72.0 Å². The first-order valence-corrected chi connectivity index (χ1v) is 14.5. The number of nitrogens with zero attached hydrogens (tertiary/aromatic N) is 1. The lowest BCUT2D eigenvalue weighted by atomic mass is 9.82. The first-order chi connectivity index (χ1) is 19.3. The zero-order valence-electron chi connectivity index (χ0n) is 23.7. The Bertz CT molecular complexity index is 1220. The Morgan fingerprint density at radius 2 is 1.85 bits per heavy atom. The van der Waals surface area contributed by atoms with Crippen LogP contribution in [-0.2, 0) is 28.2 Å². The Morgan fingerprint density at radius 3 is 2.55 bits per heavy atom. The van der Waals surface area contributed by atoms with Gasteiger partial charge in [-0.1, -0.05) is 62.4 Å². The second-order valence-corrected chi connectivity index (χ2v) is 11.7. The average molecular weight is 550 g/mol. The molecule has 4 N–H and O–H groups in total. The summed E-state index contributed by atoms with van der Waals surface area (Å²) in [5, 5.41) is 41.7. The summed E-state index contributed by atoms with van der Waals surface area (Å²) in [4.78, 5) is 2.53. The molecule has 3 aliphatic rings. The highest BCUT2D eigenvalue weighted by Crippen LogP contribution is 2.41. The number of hydrogen-bond acceptors (Lipinski definition) is 7. The molecule has 0 radical (unpaired) electrons. The van der Waals surface area contributed by atoms with Crippen LogP contribution < -0.4 is 0 Å². The molecule has 0 aromatic heterocycles. The number of methoxy groups -OCH3 is 1. The normalized spacial score (nSPS) is 30.6. The van der Waals surface area contributed by atoms with E-state index >= 15 is 0 Å². The second-order valence-electron chi connectivity index (χ2n) is 11.7. The highest BCUT2D eigenvalue weighted by atomic mass is 16.7. The average Bonchev–Trinajstić information content (AvgIpc) is 2.97. The van der Waals surface area contributed by atoms with Gasteiger partial charge in [-0.15, -0.1) is 0 Å². The maximum atomic E-state index is 11.0. The number of likely N-dealkylation sites (tertiary alicyclic amines) is 1. The summed E-state index contributed by atoms with van der Waals surface area (Å²) in [6.07, 6.45) is 3.26. The molecular formula is C33H43NO6. The molecule has 2 heterocycles. The van der Waals surface area contributed by atoms with E-state index in [0.29, 0.717) is 17.9 Å². The monoisotopic (exact) mass is 549 g/mol. The third kappa shape index (κ3) is 5.51. The number of hydrogen-bond donors (Lipinski definition) is 4. The Kier molecular flexibility index (Phi) is 8.80. The van der Waals surface area contributed by atoms with Crippen LogP contribution in [0.2, 0.25) is 0 Å². The summed E-state index contributed by atoms with van der Waals surface area (Å²) in [5.41, 5.74) is 6.80. The van der Waals surface area contributed by atoms with Crippen molar-refractivity contribution in [2.24, 2.45) is 5.92 Å². The summed E-state index contributed by atoms with van der Waals surface area (Å²) in [6, 6.07) is 16.5. The summed E-state index contributed by atoms with van der Waals surface area (Å²) in [7, 11) is 1.40. The Balaban J connectivity index is 1.46. The zero-order valence-corrected chi connectivity index (χ0v) is 23.7. The lowest BCUT2D eigenvalue weighted by Crippen LogP contribution is -2.64. The number of aliphatic hydroxyl groups excluding tert-OH is 4. The zero-order chi connectivity index (χ0) is 28.4. The van der Waals surface area contributed by atoms with Crippen molar-refractivity contribution in [3.8, 4) is 0 Å². The van der Waals surface area contributed by atoms with Gasteiger partial charge in [0.25, 0.3) is 0 Å². The van der Waals surface area contributed by atoms with Crippen LogP contribution in [-0.4, -0.2) is 70.0 Å². The number of allylic oxidation sites excluding steroid dienone is 4. The van der Waals surface area contributed by atoms with Crippen molar-refractivity contribution in [3.63, 3.8) is 0 Å². The van der Waals surface area contributed by atoms with Crippen molar-refractivity contribution in [1.29, 1.82) is 0 Å². The van der Waals surface area contributed by atoms with Crippen LogP contribution in [0.3, 0.4) is 0 Å². The summed E-state index contributed by atoms with van der Waals surface area (Å²) in [5.74, 6) is -0.911. The fourth-order valence-corrected chi connectivity index (χ4v) is 6.58. The molecule has 2 saturated heterocycles. The molecule has 2 aliphatic heterocycles. The molecule has 2 aromatic rings. The van der Waals surface area contributed by atoms with Gasteiger partial charge in [0.2, 0.25) is 5.79 Å². The molecule has 0 bridgehead atoms. The molecule has 0 amide bonds. The smallest absolute Gasteiger partial charge is 0.224 e. The molecule has 2 aromatic carbocycles. The number of aliphatic hydroxyl groups is 4. The van der Waals surface area contributed by atoms with Gasteiger partial charge in [0, 0.05) is 37.4 Å². The van der Waals surface area contributed by atoms with E-state index in [1.807, 2.05) is 18.2 Å².